The van der Waals surface area contributed by atoms with E-state index in [1.165, 1.54) is 0 Å². The van der Waals surface area contributed by atoms with E-state index >= 15 is 0 Å². The molecule has 43 heavy (non-hydrogen) atoms. The van der Waals surface area contributed by atoms with Gasteiger partial charge >= 0.3 is 6.36 Å². The summed E-state index contributed by atoms with van der Waals surface area (Å²) in [5, 5.41) is 12.0. The fourth-order valence-corrected chi connectivity index (χ4v) is 7.17. The summed E-state index contributed by atoms with van der Waals surface area (Å²) >= 11 is 0. The zero-order valence-electron chi connectivity index (χ0n) is 22.9. The van der Waals surface area contributed by atoms with Crippen LogP contribution in [0.4, 0.5) is 30.4 Å². The summed E-state index contributed by atoms with van der Waals surface area (Å²) in [5.41, 5.74) is 4.20. The average Bonchev–Trinajstić information content (AvgIpc) is 3.15. The van der Waals surface area contributed by atoms with Gasteiger partial charge in [-0.2, -0.15) is 0 Å². The number of fused-ring (bicyclic) bond motifs is 2. The maximum absolute atomic E-state index is 13.7. The third kappa shape index (κ3) is 6.17. The lowest BCUT2D eigenvalue weighted by Crippen LogP contribution is -2.65. The van der Waals surface area contributed by atoms with Gasteiger partial charge in [0.1, 0.15) is 21.5 Å². The molecule has 0 amide bonds. The molecular weight excluding hydrogens is 579 g/mol. The first-order chi connectivity index (χ1) is 20.6. The Hall–Kier alpha value is -4.13. The number of alkyl halides is 3. The number of aryl methyl sites for hydroxylation is 2. The lowest BCUT2D eigenvalue weighted by atomic mass is 9.94. The molecule has 8 nitrogen and oxygen atoms in total. The standard InChI is InChI=1S/C31H30F3N5O3S/c32-31(33,34)42-23-14-16-24(17-15-23)43(35,41)37-25-19-38(29-11-5-6-18-36-29)20-28(30(25)40)39-26-9-3-1-7-21(26)12-13-22-8-2-4-10-27(22)39/h1-11,14-18,25,28,30,40H,12-13,19-20H2,(H2,35,37,41). The van der Waals surface area contributed by atoms with Gasteiger partial charge in [0.05, 0.1) is 23.1 Å². The number of para-hydroxylation sites is 2. The minimum atomic E-state index is -4.87. The van der Waals surface area contributed by atoms with E-state index in [1.807, 2.05) is 53.4 Å². The van der Waals surface area contributed by atoms with Gasteiger partial charge in [0.25, 0.3) is 0 Å². The summed E-state index contributed by atoms with van der Waals surface area (Å²) in [7, 11) is -3.75. The highest BCUT2D eigenvalue weighted by atomic mass is 32.2. The molecule has 0 bridgehead atoms. The second-order valence-corrected chi connectivity index (χ2v) is 12.4. The highest BCUT2D eigenvalue weighted by molar-refractivity contribution is 7.90. The van der Waals surface area contributed by atoms with Crippen molar-refractivity contribution in [1.29, 1.82) is 4.78 Å². The molecule has 1 fully saturated rings. The van der Waals surface area contributed by atoms with E-state index in [9.17, 15) is 22.5 Å². The number of nitrogens with zero attached hydrogens (tertiary/aromatic N) is 3. The fourth-order valence-electron chi connectivity index (χ4n) is 5.88. The van der Waals surface area contributed by atoms with Gasteiger partial charge in [-0.15, -0.1) is 13.2 Å². The van der Waals surface area contributed by atoms with Crippen molar-refractivity contribution >= 4 is 27.1 Å². The molecule has 4 aromatic rings. The monoisotopic (exact) mass is 609 g/mol. The Kier molecular flexibility index (Phi) is 7.75. The number of hydrogen-bond acceptors (Lipinski definition) is 7. The van der Waals surface area contributed by atoms with Crippen LogP contribution in [-0.4, -0.2) is 51.9 Å². The highest BCUT2D eigenvalue weighted by Gasteiger charge is 2.43. The molecule has 12 heteroatoms. The zero-order chi connectivity index (χ0) is 30.2. The number of halogens is 3. The van der Waals surface area contributed by atoms with Crippen LogP contribution in [0.2, 0.25) is 0 Å². The Balaban J connectivity index is 1.38. The molecular formula is C31H30F3N5O3S. The average molecular weight is 610 g/mol. The van der Waals surface area contributed by atoms with E-state index in [4.69, 9.17) is 4.78 Å². The third-order valence-corrected chi connectivity index (χ3v) is 9.38. The van der Waals surface area contributed by atoms with E-state index in [0.717, 1.165) is 59.6 Å². The molecule has 224 valence electrons. The molecule has 2 aliphatic rings. The summed E-state index contributed by atoms with van der Waals surface area (Å²) in [6.07, 6.45) is -2.63. The largest absolute Gasteiger partial charge is 0.573 e. The number of aliphatic hydroxyl groups excluding tert-OH is 1. The predicted molar refractivity (Wildman–Crippen MR) is 158 cm³/mol. The summed E-state index contributed by atoms with van der Waals surface area (Å²) in [6, 6.07) is 24.6. The molecule has 4 atom stereocenters. The topological polar surface area (TPSA) is 102 Å². The lowest BCUT2D eigenvalue weighted by Gasteiger charge is -2.47. The van der Waals surface area contributed by atoms with Crippen LogP contribution < -0.4 is 19.3 Å². The van der Waals surface area contributed by atoms with Crippen molar-refractivity contribution in [1.82, 2.24) is 9.71 Å². The van der Waals surface area contributed by atoms with Crippen LogP contribution in [0.15, 0.2) is 102 Å². The van der Waals surface area contributed by atoms with Gasteiger partial charge in [0.2, 0.25) is 0 Å². The molecule has 2 aliphatic heterocycles. The number of benzene rings is 3. The van der Waals surface area contributed by atoms with Gasteiger partial charge in [-0.1, -0.05) is 42.5 Å². The van der Waals surface area contributed by atoms with Crippen LogP contribution in [0.1, 0.15) is 11.1 Å². The maximum Gasteiger partial charge on any atom is 0.573 e. The van der Waals surface area contributed by atoms with Crippen molar-refractivity contribution in [3.8, 4) is 5.75 Å². The Labute approximate surface area is 247 Å². The third-order valence-electron chi connectivity index (χ3n) is 7.81. The van der Waals surface area contributed by atoms with Crippen LogP contribution in [0, 0.1) is 4.78 Å². The number of ether oxygens (including phenoxy) is 1. The molecule has 3 N–H and O–H groups in total. The minimum absolute atomic E-state index is 0.0359. The van der Waals surface area contributed by atoms with E-state index in [0.29, 0.717) is 12.4 Å². The number of anilines is 3. The van der Waals surface area contributed by atoms with Crippen LogP contribution >= 0.6 is 0 Å². The lowest BCUT2D eigenvalue weighted by molar-refractivity contribution is -0.274. The Morgan fingerprint density at radius 3 is 2.07 bits per heavy atom. The molecule has 3 heterocycles. The summed E-state index contributed by atoms with van der Waals surface area (Å²) in [6.45, 7) is 0.582. The van der Waals surface area contributed by atoms with Crippen LogP contribution in [0.25, 0.3) is 0 Å². The van der Waals surface area contributed by atoms with Crippen molar-refractivity contribution in [2.24, 2.45) is 0 Å². The zero-order valence-corrected chi connectivity index (χ0v) is 23.8. The van der Waals surface area contributed by atoms with E-state index in [1.54, 1.807) is 12.3 Å². The molecule has 3 aromatic carbocycles. The SMILES string of the molecule is N=S(=O)(NC1CN(c2ccccn2)CC(N2c3ccccc3CCc3ccccc32)C1O)c1ccc(OC(F)(F)F)cc1. The maximum atomic E-state index is 13.7. The summed E-state index contributed by atoms with van der Waals surface area (Å²) < 4.78 is 67.1. The van der Waals surface area contributed by atoms with Crippen LogP contribution in [0.5, 0.6) is 5.75 Å². The minimum Gasteiger partial charge on any atom is -0.406 e. The quantitative estimate of drug-likeness (QED) is 0.269. The Bertz CT molecular complexity index is 1640. The smallest absolute Gasteiger partial charge is 0.406 e. The second-order valence-electron chi connectivity index (χ2n) is 10.6. The Morgan fingerprint density at radius 1 is 0.884 bits per heavy atom. The predicted octanol–water partition coefficient (Wildman–Crippen LogP) is 5.45. The first-order valence-corrected chi connectivity index (χ1v) is 15.4. The molecule has 1 aromatic heterocycles. The van der Waals surface area contributed by atoms with Gasteiger partial charge < -0.3 is 19.6 Å². The number of aromatic nitrogens is 1. The molecule has 0 radical (unpaired) electrons. The van der Waals surface area contributed by atoms with Gasteiger partial charge in [-0.05, 0) is 72.5 Å². The van der Waals surface area contributed by atoms with Gasteiger partial charge in [0.15, 0.2) is 0 Å². The number of pyridine rings is 1. The van der Waals surface area contributed by atoms with Gasteiger partial charge in [0, 0.05) is 30.7 Å². The first-order valence-electron chi connectivity index (χ1n) is 13.8. The molecule has 0 saturated carbocycles. The summed E-state index contributed by atoms with van der Waals surface area (Å²) in [4.78, 5) is 8.61. The molecule has 6 rings (SSSR count). The van der Waals surface area contributed by atoms with Gasteiger partial charge in [-0.3, -0.25) is 0 Å². The molecule has 0 spiro atoms. The normalized spacial score (nSPS) is 21.7. The van der Waals surface area contributed by atoms with Crippen molar-refractivity contribution in [3.63, 3.8) is 0 Å². The Morgan fingerprint density at radius 2 is 1.49 bits per heavy atom. The summed E-state index contributed by atoms with van der Waals surface area (Å²) in [5.74, 6) is 0.178. The second kappa shape index (κ2) is 11.5. The van der Waals surface area contributed by atoms with Gasteiger partial charge in [-0.25, -0.2) is 18.7 Å². The van der Waals surface area contributed by atoms with E-state index < -0.39 is 40.2 Å². The first kappa shape index (κ1) is 29.0. The number of aliphatic hydroxyl groups is 1. The van der Waals surface area contributed by atoms with E-state index in [-0.39, 0.29) is 11.4 Å². The van der Waals surface area contributed by atoms with Crippen molar-refractivity contribution < 1.29 is 27.2 Å². The van der Waals surface area contributed by atoms with Crippen molar-refractivity contribution in [3.05, 3.63) is 108 Å². The molecule has 0 aliphatic carbocycles. The molecule has 1 saturated heterocycles. The van der Waals surface area contributed by atoms with Crippen LogP contribution in [-0.2, 0) is 22.8 Å². The van der Waals surface area contributed by atoms with Crippen LogP contribution in [0.3, 0.4) is 0 Å². The fraction of sp³-hybridized carbons (Fsp3) is 0.258. The number of piperidine rings is 1. The highest BCUT2D eigenvalue weighted by Crippen LogP contribution is 2.40. The number of rotatable bonds is 6. The van der Waals surface area contributed by atoms with Crippen molar-refractivity contribution in [2.45, 2.75) is 42.3 Å². The van der Waals surface area contributed by atoms with E-state index in [2.05, 4.69) is 31.5 Å². The molecule has 4 unspecified atom stereocenters. The van der Waals surface area contributed by atoms with Crippen molar-refractivity contribution in [2.75, 3.05) is 22.9 Å². The number of nitrogens with one attached hydrogen (secondary N) is 2. The number of hydrogen-bond donors (Lipinski definition) is 3.